The van der Waals surface area contributed by atoms with Crippen LogP contribution in [0.25, 0.3) is 5.69 Å². The van der Waals surface area contributed by atoms with E-state index in [4.69, 9.17) is 11.5 Å². The lowest BCUT2D eigenvalue weighted by Gasteiger charge is -2.14. The predicted octanol–water partition coefficient (Wildman–Crippen LogP) is 1.90. The highest BCUT2D eigenvalue weighted by atomic mass is 16.6. The van der Waals surface area contributed by atoms with Crippen molar-refractivity contribution in [3.8, 4) is 5.69 Å². The van der Waals surface area contributed by atoms with Gasteiger partial charge < -0.3 is 16.0 Å². The third kappa shape index (κ3) is 2.22. The molecule has 0 fully saturated rings. The van der Waals surface area contributed by atoms with Gasteiger partial charge in [-0.1, -0.05) is 13.3 Å². The van der Waals surface area contributed by atoms with E-state index >= 15 is 0 Å². The van der Waals surface area contributed by atoms with Crippen LogP contribution in [0.2, 0.25) is 0 Å². The first kappa shape index (κ1) is 12.9. The molecule has 100 valence electrons. The van der Waals surface area contributed by atoms with Crippen LogP contribution in [0.5, 0.6) is 0 Å². The molecule has 2 heterocycles. The summed E-state index contributed by atoms with van der Waals surface area (Å²) in [5.74, 6) is 0.0598. The van der Waals surface area contributed by atoms with Gasteiger partial charge in [0.2, 0.25) is 5.82 Å². The first-order chi connectivity index (χ1) is 9.06. The van der Waals surface area contributed by atoms with Gasteiger partial charge in [0.05, 0.1) is 16.2 Å². The Morgan fingerprint density at radius 2 is 1.95 bits per heavy atom. The summed E-state index contributed by atoms with van der Waals surface area (Å²) in [5, 5.41) is 11.2. The van der Waals surface area contributed by atoms with Crippen molar-refractivity contribution in [1.82, 2.24) is 9.55 Å². The van der Waals surface area contributed by atoms with Gasteiger partial charge in [-0.3, -0.25) is 10.1 Å². The normalized spacial score (nSPS) is 10.6. The number of nitro groups is 1. The summed E-state index contributed by atoms with van der Waals surface area (Å²) in [6.07, 6.45) is 4.80. The third-order valence-electron chi connectivity index (χ3n) is 2.84. The first-order valence-electron chi connectivity index (χ1n) is 5.91. The molecule has 0 unspecified atom stereocenters. The molecule has 0 saturated carbocycles. The van der Waals surface area contributed by atoms with Gasteiger partial charge in [0.1, 0.15) is 0 Å². The maximum atomic E-state index is 11.2. The molecular formula is C12H15N5O2. The Morgan fingerprint density at radius 1 is 1.32 bits per heavy atom. The van der Waals surface area contributed by atoms with Crippen LogP contribution < -0.4 is 11.5 Å². The van der Waals surface area contributed by atoms with Gasteiger partial charge in [-0.2, -0.15) is 0 Å². The molecule has 0 aliphatic carbocycles. The van der Waals surface area contributed by atoms with Crippen molar-refractivity contribution < 1.29 is 4.92 Å². The van der Waals surface area contributed by atoms with E-state index in [0.717, 1.165) is 6.42 Å². The Balaban J connectivity index is 2.77. The first-order valence-corrected chi connectivity index (χ1v) is 5.91. The molecule has 2 aromatic rings. The van der Waals surface area contributed by atoms with Crippen molar-refractivity contribution >= 4 is 17.3 Å². The Labute approximate surface area is 110 Å². The van der Waals surface area contributed by atoms with Crippen LogP contribution in [0.3, 0.4) is 0 Å². The van der Waals surface area contributed by atoms with Crippen LogP contribution in [0, 0.1) is 10.1 Å². The second kappa shape index (κ2) is 4.97. The van der Waals surface area contributed by atoms with Gasteiger partial charge >= 0.3 is 5.69 Å². The van der Waals surface area contributed by atoms with Crippen molar-refractivity contribution in [2.24, 2.45) is 0 Å². The van der Waals surface area contributed by atoms with Crippen molar-refractivity contribution in [2.75, 3.05) is 11.5 Å². The predicted molar refractivity (Wildman–Crippen MR) is 73.0 cm³/mol. The highest BCUT2D eigenvalue weighted by Gasteiger charge is 2.25. The molecule has 0 bridgehead atoms. The number of hydrogen-bond acceptors (Lipinski definition) is 5. The van der Waals surface area contributed by atoms with E-state index in [1.807, 2.05) is 19.1 Å². The van der Waals surface area contributed by atoms with Crippen LogP contribution in [-0.2, 0) is 6.42 Å². The van der Waals surface area contributed by atoms with E-state index in [9.17, 15) is 10.1 Å². The smallest absolute Gasteiger partial charge is 0.316 e. The van der Waals surface area contributed by atoms with Gasteiger partial charge in [0.15, 0.2) is 5.82 Å². The van der Waals surface area contributed by atoms with E-state index in [1.54, 1.807) is 17.0 Å². The summed E-state index contributed by atoms with van der Waals surface area (Å²) in [7, 11) is 0. The molecule has 7 nitrogen and oxygen atoms in total. The minimum atomic E-state index is -0.500. The summed E-state index contributed by atoms with van der Waals surface area (Å²) < 4.78 is 1.72. The van der Waals surface area contributed by atoms with Crippen LogP contribution in [0.15, 0.2) is 24.5 Å². The lowest BCUT2D eigenvalue weighted by Crippen LogP contribution is -2.11. The van der Waals surface area contributed by atoms with Crippen molar-refractivity contribution in [3.63, 3.8) is 0 Å². The largest absolute Gasteiger partial charge is 0.382 e. The van der Waals surface area contributed by atoms with E-state index in [1.165, 1.54) is 0 Å². The molecule has 19 heavy (non-hydrogen) atoms. The lowest BCUT2D eigenvalue weighted by molar-refractivity contribution is -0.384. The number of nitrogens with zero attached hydrogens (tertiary/aromatic N) is 3. The van der Waals surface area contributed by atoms with Crippen molar-refractivity contribution in [3.05, 3.63) is 40.2 Å². The number of pyridine rings is 1. The number of rotatable bonds is 4. The summed E-state index contributed by atoms with van der Waals surface area (Å²) in [5.41, 5.74) is 12.4. The molecule has 7 heteroatoms. The van der Waals surface area contributed by atoms with Crippen LogP contribution in [0.4, 0.5) is 17.3 Å². The summed E-state index contributed by atoms with van der Waals surface area (Å²) >= 11 is 0. The highest BCUT2D eigenvalue weighted by molar-refractivity contribution is 5.72. The molecule has 0 amide bonds. The molecule has 0 aliphatic heterocycles. The SMILES string of the molecule is CCCc1c(-n2cccc2)c(N)nc(N)c1[N+](=O)[O-]. The number of nitrogens with two attached hydrogens (primary N) is 2. The minimum absolute atomic E-state index is 0.137. The molecule has 0 saturated heterocycles. The molecular weight excluding hydrogens is 246 g/mol. The number of nitrogen functional groups attached to an aromatic ring is 2. The second-order valence-corrected chi connectivity index (χ2v) is 4.16. The Bertz CT molecular complexity index is 607. The average Bonchev–Trinajstić information content (AvgIpc) is 2.81. The molecule has 2 aromatic heterocycles. The van der Waals surface area contributed by atoms with E-state index in [-0.39, 0.29) is 17.3 Å². The third-order valence-corrected chi connectivity index (χ3v) is 2.84. The summed E-state index contributed by atoms with van der Waals surface area (Å²) in [6.45, 7) is 1.94. The highest BCUT2D eigenvalue weighted by Crippen LogP contribution is 2.34. The fourth-order valence-corrected chi connectivity index (χ4v) is 2.12. The molecule has 0 aromatic carbocycles. The molecule has 0 atom stereocenters. The lowest BCUT2D eigenvalue weighted by atomic mass is 10.1. The standard InChI is InChI=1S/C12H15N5O2/c1-2-5-8-9(16-6-3-4-7-16)11(13)15-12(14)10(8)17(18)19/h3-4,6-7H,2,5H2,1H3,(H4,13,14,15). The number of hydrogen-bond donors (Lipinski definition) is 2. The van der Waals surface area contributed by atoms with Gasteiger partial charge in [-0.05, 0) is 18.6 Å². The molecule has 2 rings (SSSR count). The van der Waals surface area contributed by atoms with Gasteiger partial charge in [0, 0.05) is 12.4 Å². The minimum Gasteiger partial charge on any atom is -0.382 e. The topological polar surface area (TPSA) is 113 Å². The molecule has 0 spiro atoms. The van der Waals surface area contributed by atoms with E-state index < -0.39 is 4.92 Å². The molecule has 0 aliphatic rings. The van der Waals surface area contributed by atoms with Crippen LogP contribution in [0.1, 0.15) is 18.9 Å². The second-order valence-electron chi connectivity index (χ2n) is 4.16. The average molecular weight is 261 g/mol. The number of aromatic nitrogens is 2. The molecule has 0 radical (unpaired) electrons. The fraction of sp³-hybridized carbons (Fsp3) is 0.250. The zero-order valence-corrected chi connectivity index (χ0v) is 10.5. The van der Waals surface area contributed by atoms with Gasteiger partial charge in [-0.25, -0.2) is 4.98 Å². The summed E-state index contributed by atoms with van der Waals surface area (Å²) in [6, 6.07) is 3.63. The van der Waals surface area contributed by atoms with Crippen LogP contribution in [-0.4, -0.2) is 14.5 Å². The zero-order chi connectivity index (χ0) is 14.0. The van der Waals surface area contributed by atoms with Gasteiger partial charge in [-0.15, -0.1) is 0 Å². The quantitative estimate of drug-likeness (QED) is 0.644. The fourth-order valence-electron chi connectivity index (χ4n) is 2.12. The van der Waals surface area contributed by atoms with Crippen molar-refractivity contribution in [2.45, 2.75) is 19.8 Å². The van der Waals surface area contributed by atoms with Crippen molar-refractivity contribution in [1.29, 1.82) is 0 Å². The summed E-state index contributed by atoms with van der Waals surface area (Å²) in [4.78, 5) is 14.6. The maximum Gasteiger partial charge on any atom is 0.316 e. The Kier molecular flexibility index (Phi) is 3.37. The van der Waals surface area contributed by atoms with E-state index in [0.29, 0.717) is 17.7 Å². The van der Waals surface area contributed by atoms with E-state index in [2.05, 4.69) is 4.98 Å². The number of anilines is 2. The molecule has 4 N–H and O–H groups in total. The zero-order valence-electron chi connectivity index (χ0n) is 10.5. The Hall–Kier alpha value is -2.57. The van der Waals surface area contributed by atoms with Crippen LogP contribution >= 0.6 is 0 Å². The Morgan fingerprint density at radius 3 is 2.47 bits per heavy atom. The van der Waals surface area contributed by atoms with Gasteiger partial charge in [0.25, 0.3) is 0 Å². The maximum absolute atomic E-state index is 11.2. The monoisotopic (exact) mass is 261 g/mol.